The number of hydrogen-bond acceptors (Lipinski definition) is 3. The summed E-state index contributed by atoms with van der Waals surface area (Å²) >= 11 is 0. The third-order valence-corrected chi connectivity index (χ3v) is 3.71. The van der Waals surface area contributed by atoms with Gasteiger partial charge in [0.15, 0.2) is 0 Å². The molecule has 0 bridgehead atoms. The average molecular weight is 246 g/mol. The van der Waals surface area contributed by atoms with Crippen molar-refractivity contribution in [2.24, 2.45) is 13.0 Å². The van der Waals surface area contributed by atoms with E-state index in [1.165, 1.54) is 0 Å². The highest BCUT2D eigenvalue weighted by molar-refractivity contribution is 5.82. The van der Waals surface area contributed by atoms with E-state index in [-0.39, 0.29) is 5.92 Å². The van der Waals surface area contributed by atoms with Gasteiger partial charge in [-0.2, -0.15) is 5.10 Å². The number of ether oxygens (including phenoxy) is 1. The Morgan fingerprint density at radius 1 is 1.44 bits per heavy atom. The van der Waals surface area contributed by atoms with Gasteiger partial charge in [0, 0.05) is 25.0 Å². The molecule has 2 unspecified atom stereocenters. The Bertz CT molecular complexity index is 544. The molecule has 2 aromatic rings. The van der Waals surface area contributed by atoms with E-state index in [0.29, 0.717) is 6.61 Å². The van der Waals surface area contributed by atoms with Crippen LogP contribution in [0, 0.1) is 5.92 Å². The van der Waals surface area contributed by atoms with Crippen LogP contribution in [0.5, 0.6) is 0 Å². The molecule has 0 radical (unpaired) electrons. The third-order valence-electron chi connectivity index (χ3n) is 3.71. The van der Waals surface area contributed by atoms with E-state index < -0.39 is 6.10 Å². The molecule has 1 aliphatic heterocycles. The lowest BCUT2D eigenvalue weighted by molar-refractivity contribution is -0.0112. The molecule has 4 nitrogen and oxygen atoms in total. The molecule has 96 valence electrons. The fraction of sp³-hybridized carbons (Fsp3) is 0.500. The summed E-state index contributed by atoms with van der Waals surface area (Å²) in [5.74, 6) is 0.164. The normalized spacial score (nSPS) is 22.2. The molecule has 0 aliphatic carbocycles. The topological polar surface area (TPSA) is 47.3 Å². The standard InChI is InChI=1S/C14H18N2O2/c1-16-12-7-3-2-6-11(12)13(15-16)14(17)10-5-4-8-18-9-10/h2-3,6-7,10,14,17H,4-5,8-9H2,1H3. The van der Waals surface area contributed by atoms with E-state index in [0.717, 1.165) is 36.0 Å². The highest BCUT2D eigenvalue weighted by atomic mass is 16.5. The zero-order valence-corrected chi connectivity index (χ0v) is 10.5. The van der Waals surface area contributed by atoms with Crippen molar-refractivity contribution in [2.45, 2.75) is 18.9 Å². The summed E-state index contributed by atoms with van der Waals surface area (Å²) in [4.78, 5) is 0. The van der Waals surface area contributed by atoms with Crippen molar-refractivity contribution in [2.75, 3.05) is 13.2 Å². The third kappa shape index (κ3) is 1.91. The quantitative estimate of drug-likeness (QED) is 0.882. The first-order valence-electron chi connectivity index (χ1n) is 6.45. The van der Waals surface area contributed by atoms with E-state index in [2.05, 4.69) is 5.10 Å². The Labute approximate surface area is 106 Å². The molecule has 4 heteroatoms. The number of hydrogen-bond donors (Lipinski definition) is 1. The Morgan fingerprint density at radius 2 is 2.28 bits per heavy atom. The van der Waals surface area contributed by atoms with Crippen LogP contribution in [0.2, 0.25) is 0 Å². The molecule has 3 rings (SSSR count). The van der Waals surface area contributed by atoms with Crippen LogP contribution in [-0.2, 0) is 11.8 Å². The zero-order valence-electron chi connectivity index (χ0n) is 10.5. The largest absolute Gasteiger partial charge is 0.386 e. The van der Waals surface area contributed by atoms with E-state index >= 15 is 0 Å². The predicted molar refractivity (Wildman–Crippen MR) is 69.2 cm³/mol. The smallest absolute Gasteiger partial charge is 0.103 e. The van der Waals surface area contributed by atoms with Gasteiger partial charge in [0.25, 0.3) is 0 Å². The van der Waals surface area contributed by atoms with Crippen LogP contribution in [0.4, 0.5) is 0 Å². The van der Waals surface area contributed by atoms with Gasteiger partial charge in [0.2, 0.25) is 0 Å². The fourth-order valence-electron chi connectivity index (χ4n) is 2.70. The van der Waals surface area contributed by atoms with Gasteiger partial charge in [-0.3, -0.25) is 4.68 Å². The van der Waals surface area contributed by atoms with Crippen molar-refractivity contribution >= 4 is 10.9 Å². The number of aryl methyl sites for hydroxylation is 1. The minimum absolute atomic E-state index is 0.164. The molecular weight excluding hydrogens is 228 g/mol. The van der Waals surface area contributed by atoms with Crippen LogP contribution in [0.3, 0.4) is 0 Å². The maximum absolute atomic E-state index is 10.5. The molecule has 1 aromatic heterocycles. The lowest BCUT2D eigenvalue weighted by Gasteiger charge is -2.25. The number of benzene rings is 1. The molecule has 0 amide bonds. The van der Waals surface area contributed by atoms with Gasteiger partial charge in [-0.1, -0.05) is 18.2 Å². The maximum Gasteiger partial charge on any atom is 0.103 e. The van der Waals surface area contributed by atoms with Crippen LogP contribution in [0.25, 0.3) is 10.9 Å². The molecule has 1 fully saturated rings. The van der Waals surface area contributed by atoms with E-state index in [9.17, 15) is 5.11 Å². The molecule has 1 aromatic carbocycles. The first kappa shape index (κ1) is 11.7. The summed E-state index contributed by atoms with van der Waals surface area (Å²) in [5, 5.41) is 16.0. The SMILES string of the molecule is Cn1nc(C(O)C2CCCOC2)c2ccccc21. The van der Waals surface area contributed by atoms with E-state index in [1.807, 2.05) is 36.0 Å². The minimum Gasteiger partial charge on any atom is -0.386 e. The average Bonchev–Trinajstić information content (AvgIpc) is 2.77. The lowest BCUT2D eigenvalue weighted by atomic mass is 9.93. The second-order valence-electron chi connectivity index (χ2n) is 4.95. The van der Waals surface area contributed by atoms with Gasteiger partial charge >= 0.3 is 0 Å². The summed E-state index contributed by atoms with van der Waals surface area (Å²) in [6, 6.07) is 8.02. The highest BCUT2D eigenvalue weighted by Gasteiger charge is 2.27. The molecule has 1 aliphatic rings. The first-order chi connectivity index (χ1) is 8.77. The number of nitrogens with zero attached hydrogens (tertiary/aromatic N) is 2. The Balaban J connectivity index is 1.98. The second kappa shape index (κ2) is 4.71. The molecular formula is C14H18N2O2. The number of aliphatic hydroxyl groups excluding tert-OH is 1. The Morgan fingerprint density at radius 3 is 3.06 bits per heavy atom. The van der Waals surface area contributed by atoms with Crippen LogP contribution < -0.4 is 0 Å². The minimum atomic E-state index is -0.531. The fourth-order valence-corrected chi connectivity index (χ4v) is 2.70. The van der Waals surface area contributed by atoms with Gasteiger partial charge in [-0.15, -0.1) is 0 Å². The molecule has 1 N–H and O–H groups in total. The summed E-state index contributed by atoms with van der Waals surface area (Å²) in [6.45, 7) is 1.44. The van der Waals surface area contributed by atoms with Crippen LogP contribution >= 0.6 is 0 Å². The first-order valence-corrected chi connectivity index (χ1v) is 6.45. The van der Waals surface area contributed by atoms with Crippen LogP contribution in [0.1, 0.15) is 24.6 Å². The maximum atomic E-state index is 10.5. The van der Waals surface area contributed by atoms with E-state index in [1.54, 1.807) is 0 Å². The molecule has 0 spiro atoms. The predicted octanol–water partition coefficient (Wildman–Crippen LogP) is 2.03. The Kier molecular flexibility index (Phi) is 3.06. The monoisotopic (exact) mass is 246 g/mol. The van der Waals surface area contributed by atoms with Crippen molar-refractivity contribution in [3.63, 3.8) is 0 Å². The molecule has 1 saturated heterocycles. The number of para-hydroxylation sites is 1. The second-order valence-corrected chi connectivity index (χ2v) is 4.95. The number of aliphatic hydroxyl groups is 1. The highest BCUT2D eigenvalue weighted by Crippen LogP contribution is 2.32. The van der Waals surface area contributed by atoms with Crippen molar-refractivity contribution in [1.82, 2.24) is 9.78 Å². The van der Waals surface area contributed by atoms with Crippen molar-refractivity contribution < 1.29 is 9.84 Å². The molecule has 18 heavy (non-hydrogen) atoms. The number of aromatic nitrogens is 2. The van der Waals surface area contributed by atoms with Crippen LogP contribution in [0.15, 0.2) is 24.3 Å². The van der Waals surface area contributed by atoms with Gasteiger partial charge in [0.1, 0.15) is 6.10 Å². The van der Waals surface area contributed by atoms with Gasteiger partial charge in [-0.25, -0.2) is 0 Å². The summed E-state index contributed by atoms with van der Waals surface area (Å²) in [6.07, 6.45) is 1.50. The lowest BCUT2D eigenvalue weighted by Crippen LogP contribution is -2.24. The molecule has 2 heterocycles. The zero-order chi connectivity index (χ0) is 12.5. The summed E-state index contributed by atoms with van der Waals surface area (Å²) < 4.78 is 7.28. The number of rotatable bonds is 2. The van der Waals surface area contributed by atoms with Gasteiger partial charge in [0.05, 0.1) is 17.8 Å². The van der Waals surface area contributed by atoms with Gasteiger partial charge in [-0.05, 0) is 18.9 Å². The Hall–Kier alpha value is -1.39. The van der Waals surface area contributed by atoms with Crippen LogP contribution in [-0.4, -0.2) is 28.1 Å². The van der Waals surface area contributed by atoms with Gasteiger partial charge < -0.3 is 9.84 Å². The molecule has 2 atom stereocenters. The van der Waals surface area contributed by atoms with Crippen molar-refractivity contribution in [3.8, 4) is 0 Å². The molecule has 0 saturated carbocycles. The summed E-state index contributed by atoms with van der Waals surface area (Å²) in [5.41, 5.74) is 1.84. The van der Waals surface area contributed by atoms with Crippen molar-refractivity contribution in [3.05, 3.63) is 30.0 Å². The van der Waals surface area contributed by atoms with Crippen molar-refractivity contribution in [1.29, 1.82) is 0 Å². The summed E-state index contributed by atoms with van der Waals surface area (Å²) in [7, 11) is 1.91. The number of fused-ring (bicyclic) bond motifs is 1. The van der Waals surface area contributed by atoms with E-state index in [4.69, 9.17) is 4.74 Å².